The van der Waals surface area contributed by atoms with Gasteiger partial charge in [-0.15, -0.1) is 0 Å². The van der Waals surface area contributed by atoms with Gasteiger partial charge >= 0.3 is 0 Å². The van der Waals surface area contributed by atoms with Crippen molar-refractivity contribution in [2.45, 2.75) is 6.92 Å². The summed E-state index contributed by atoms with van der Waals surface area (Å²) >= 11 is 0. The van der Waals surface area contributed by atoms with Gasteiger partial charge in [0.1, 0.15) is 5.69 Å². The molecule has 0 unspecified atom stereocenters. The summed E-state index contributed by atoms with van der Waals surface area (Å²) in [6.07, 6.45) is 0. The summed E-state index contributed by atoms with van der Waals surface area (Å²) in [5, 5.41) is 10.4. The van der Waals surface area contributed by atoms with Crippen molar-refractivity contribution in [1.82, 2.24) is 0 Å². The van der Waals surface area contributed by atoms with Gasteiger partial charge in [-0.05, 0) is 6.92 Å². The van der Waals surface area contributed by atoms with Crippen molar-refractivity contribution in [3.63, 3.8) is 0 Å². The van der Waals surface area contributed by atoms with Crippen LogP contribution in [0.25, 0.3) is 0 Å². The maximum absolute atomic E-state index is 13.1. The highest BCUT2D eigenvalue weighted by atomic mass is 19.1. The highest BCUT2D eigenvalue weighted by Crippen LogP contribution is 2.29. The van der Waals surface area contributed by atoms with Crippen LogP contribution in [0.1, 0.15) is 6.92 Å². The topological polar surface area (TPSA) is 78.4 Å². The average molecular weight is 200 g/mol. The van der Waals surface area contributed by atoms with Crippen LogP contribution in [0.3, 0.4) is 0 Å². The van der Waals surface area contributed by atoms with Gasteiger partial charge < -0.3 is 10.5 Å². The molecule has 0 radical (unpaired) electrons. The van der Waals surface area contributed by atoms with Crippen LogP contribution in [-0.4, -0.2) is 11.5 Å². The van der Waals surface area contributed by atoms with Crippen LogP contribution in [0.5, 0.6) is 5.75 Å². The van der Waals surface area contributed by atoms with Crippen molar-refractivity contribution in [2.24, 2.45) is 0 Å². The molecule has 0 saturated carbocycles. The SMILES string of the molecule is CCOc1cc(N)c([N+](=O)[O-])cc1F. The van der Waals surface area contributed by atoms with Gasteiger partial charge in [-0.2, -0.15) is 0 Å². The molecule has 0 bridgehead atoms. The van der Waals surface area contributed by atoms with Crippen LogP contribution in [0.4, 0.5) is 15.8 Å². The zero-order valence-corrected chi connectivity index (χ0v) is 7.49. The van der Waals surface area contributed by atoms with Crippen molar-refractivity contribution in [1.29, 1.82) is 0 Å². The van der Waals surface area contributed by atoms with Gasteiger partial charge in [0.05, 0.1) is 17.6 Å². The van der Waals surface area contributed by atoms with Gasteiger partial charge in [-0.1, -0.05) is 0 Å². The molecule has 0 atom stereocenters. The summed E-state index contributed by atoms with van der Waals surface area (Å²) in [4.78, 5) is 9.62. The average Bonchev–Trinajstić information content (AvgIpc) is 2.10. The zero-order chi connectivity index (χ0) is 10.7. The smallest absolute Gasteiger partial charge is 0.295 e. The lowest BCUT2D eigenvalue weighted by molar-refractivity contribution is -0.384. The van der Waals surface area contributed by atoms with Crippen molar-refractivity contribution < 1.29 is 14.1 Å². The summed E-state index contributed by atoms with van der Waals surface area (Å²) in [5.74, 6) is -0.858. The molecule has 0 aliphatic heterocycles. The van der Waals surface area contributed by atoms with E-state index in [1.165, 1.54) is 0 Å². The number of nitrogens with two attached hydrogens (primary N) is 1. The fourth-order valence-electron chi connectivity index (χ4n) is 0.983. The van der Waals surface area contributed by atoms with Gasteiger partial charge in [-0.3, -0.25) is 10.1 Å². The Morgan fingerprint density at radius 1 is 1.64 bits per heavy atom. The van der Waals surface area contributed by atoms with Crippen LogP contribution in [0.2, 0.25) is 0 Å². The fraction of sp³-hybridized carbons (Fsp3) is 0.250. The molecule has 6 heteroatoms. The maximum atomic E-state index is 13.1. The van der Waals surface area contributed by atoms with Gasteiger partial charge in [-0.25, -0.2) is 4.39 Å². The number of anilines is 1. The molecule has 14 heavy (non-hydrogen) atoms. The third-order valence-electron chi connectivity index (χ3n) is 1.58. The van der Waals surface area contributed by atoms with Crippen LogP contribution < -0.4 is 10.5 Å². The Bertz CT molecular complexity index is 368. The highest BCUT2D eigenvalue weighted by molar-refractivity contribution is 5.61. The predicted molar refractivity (Wildman–Crippen MR) is 48.6 cm³/mol. The fourth-order valence-corrected chi connectivity index (χ4v) is 0.983. The molecule has 1 aromatic carbocycles. The normalized spacial score (nSPS) is 9.86. The van der Waals surface area contributed by atoms with E-state index in [0.29, 0.717) is 0 Å². The molecule has 1 aromatic rings. The Morgan fingerprint density at radius 3 is 2.79 bits per heavy atom. The summed E-state index contributed by atoms with van der Waals surface area (Å²) in [7, 11) is 0. The van der Waals surface area contributed by atoms with E-state index >= 15 is 0 Å². The Balaban J connectivity index is 3.17. The van der Waals surface area contributed by atoms with E-state index in [2.05, 4.69) is 0 Å². The molecule has 76 valence electrons. The van der Waals surface area contributed by atoms with E-state index in [1.54, 1.807) is 6.92 Å². The number of hydrogen-bond donors (Lipinski definition) is 1. The molecule has 0 amide bonds. The van der Waals surface area contributed by atoms with E-state index in [1.807, 2.05) is 0 Å². The lowest BCUT2D eigenvalue weighted by atomic mass is 10.2. The second-order valence-corrected chi connectivity index (χ2v) is 2.53. The first-order chi connectivity index (χ1) is 6.56. The van der Waals surface area contributed by atoms with Crippen LogP contribution in [-0.2, 0) is 0 Å². The molecule has 0 saturated heterocycles. The van der Waals surface area contributed by atoms with Gasteiger partial charge in [0, 0.05) is 6.07 Å². The van der Waals surface area contributed by atoms with E-state index in [9.17, 15) is 14.5 Å². The molecule has 5 nitrogen and oxygen atoms in total. The minimum Gasteiger partial charge on any atom is -0.491 e. The maximum Gasteiger partial charge on any atom is 0.295 e. The number of nitrogens with zero attached hydrogens (tertiary/aromatic N) is 1. The molecule has 1 rings (SSSR count). The number of benzene rings is 1. The lowest BCUT2D eigenvalue weighted by Gasteiger charge is -2.05. The molecule has 2 N–H and O–H groups in total. The molecule has 0 aliphatic carbocycles. The predicted octanol–water partition coefficient (Wildman–Crippen LogP) is 1.71. The summed E-state index contributed by atoms with van der Waals surface area (Å²) in [5.41, 5.74) is 4.77. The van der Waals surface area contributed by atoms with Crippen LogP contribution in [0.15, 0.2) is 12.1 Å². The van der Waals surface area contributed by atoms with E-state index in [-0.39, 0.29) is 18.0 Å². The number of halogens is 1. The van der Waals surface area contributed by atoms with Crippen LogP contribution >= 0.6 is 0 Å². The number of ether oxygens (including phenoxy) is 1. The lowest BCUT2D eigenvalue weighted by Crippen LogP contribution is -2.00. The monoisotopic (exact) mass is 200 g/mol. The van der Waals surface area contributed by atoms with Crippen molar-refractivity contribution in [3.8, 4) is 5.75 Å². The molecule has 0 fully saturated rings. The summed E-state index contributed by atoms with van der Waals surface area (Å²) in [6, 6.07) is 1.86. The standard InChI is InChI=1S/C8H9FN2O3/c1-2-14-8-4-6(10)7(11(12)13)3-5(8)9/h3-4H,2,10H2,1H3. The van der Waals surface area contributed by atoms with Crippen molar-refractivity contribution in [2.75, 3.05) is 12.3 Å². The highest BCUT2D eigenvalue weighted by Gasteiger charge is 2.16. The number of rotatable bonds is 3. The van der Waals surface area contributed by atoms with Gasteiger partial charge in [0.2, 0.25) is 0 Å². The molecule has 0 spiro atoms. The Kier molecular flexibility index (Phi) is 2.85. The molecular weight excluding hydrogens is 191 g/mol. The quantitative estimate of drug-likeness (QED) is 0.457. The largest absolute Gasteiger partial charge is 0.491 e. The number of hydrogen-bond acceptors (Lipinski definition) is 4. The van der Waals surface area contributed by atoms with Gasteiger partial charge in [0.15, 0.2) is 11.6 Å². The minimum absolute atomic E-state index is 0.0735. The first-order valence-electron chi connectivity index (χ1n) is 3.92. The van der Waals surface area contributed by atoms with Gasteiger partial charge in [0.25, 0.3) is 5.69 Å². The second kappa shape index (κ2) is 3.91. The Hall–Kier alpha value is -1.85. The van der Waals surface area contributed by atoms with Crippen LogP contribution in [0, 0.1) is 15.9 Å². The molecular formula is C8H9FN2O3. The minimum atomic E-state index is -0.784. The van der Waals surface area contributed by atoms with Crippen molar-refractivity contribution in [3.05, 3.63) is 28.1 Å². The summed E-state index contributed by atoms with van der Waals surface area (Å²) in [6.45, 7) is 1.95. The van der Waals surface area contributed by atoms with E-state index in [4.69, 9.17) is 10.5 Å². The number of nitro groups is 1. The number of nitrogen functional groups attached to an aromatic ring is 1. The first kappa shape index (κ1) is 10.2. The third kappa shape index (κ3) is 1.90. The van der Waals surface area contributed by atoms with E-state index in [0.717, 1.165) is 12.1 Å². The molecule has 0 aliphatic rings. The van der Waals surface area contributed by atoms with Crippen molar-refractivity contribution >= 4 is 11.4 Å². The first-order valence-corrected chi connectivity index (χ1v) is 3.92. The van der Waals surface area contributed by atoms with E-state index < -0.39 is 16.4 Å². The number of nitro benzene ring substituents is 1. The third-order valence-corrected chi connectivity index (χ3v) is 1.58. The Labute approximate surface area is 79.4 Å². The zero-order valence-electron chi connectivity index (χ0n) is 7.49. The molecule has 0 heterocycles. The Morgan fingerprint density at radius 2 is 2.29 bits per heavy atom. The summed E-state index contributed by atoms with van der Waals surface area (Å²) < 4.78 is 18.0. The molecule has 0 aromatic heterocycles. The second-order valence-electron chi connectivity index (χ2n) is 2.53.